The SMILES string of the molecule is Nc1nccc(Sc2cnc(N3[C@@H]4CC[C@H]3C[C@@H](N)C4)nn2)c1Cl. The number of hydrogen-bond donors (Lipinski definition) is 2. The van der Waals surface area contributed by atoms with Crippen LogP contribution in [-0.4, -0.2) is 38.3 Å². The first-order chi connectivity index (χ1) is 11.6. The lowest BCUT2D eigenvalue weighted by Gasteiger charge is -2.37. The van der Waals surface area contributed by atoms with Gasteiger partial charge < -0.3 is 16.4 Å². The molecule has 0 aliphatic carbocycles. The molecule has 2 aromatic heterocycles. The van der Waals surface area contributed by atoms with Crippen LogP contribution in [0.4, 0.5) is 11.8 Å². The number of hydrogen-bond acceptors (Lipinski definition) is 8. The van der Waals surface area contributed by atoms with Crippen molar-refractivity contribution < 1.29 is 0 Å². The number of nitrogen functional groups attached to an aromatic ring is 1. The molecular formula is C15H18ClN7S. The molecule has 3 atom stereocenters. The fourth-order valence-electron chi connectivity index (χ4n) is 3.60. The highest BCUT2D eigenvalue weighted by Gasteiger charge is 2.41. The van der Waals surface area contributed by atoms with Gasteiger partial charge in [-0.3, -0.25) is 0 Å². The summed E-state index contributed by atoms with van der Waals surface area (Å²) in [5.41, 5.74) is 11.8. The van der Waals surface area contributed by atoms with Crippen LogP contribution in [0.25, 0.3) is 0 Å². The average Bonchev–Trinajstić information content (AvgIpc) is 2.84. The number of nitrogens with two attached hydrogens (primary N) is 2. The number of anilines is 2. The Balaban J connectivity index is 1.52. The normalized spacial score (nSPS) is 25.9. The highest BCUT2D eigenvalue weighted by Crippen LogP contribution is 2.38. The molecule has 2 aliphatic heterocycles. The Morgan fingerprint density at radius 1 is 1.17 bits per heavy atom. The van der Waals surface area contributed by atoms with Crippen molar-refractivity contribution in [3.8, 4) is 0 Å². The Labute approximate surface area is 149 Å². The minimum atomic E-state index is 0.292. The van der Waals surface area contributed by atoms with E-state index in [2.05, 4.69) is 25.1 Å². The van der Waals surface area contributed by atoms with Crippen LogP contribution >= 0.6 is 23.4 Å². The summed E-state index contributed by atoms with van der Waals surface area (Å²) in [6.07, 6.45) is 7.67. The van der Waals surface area contributed by atoms with Crippen molar-refractivity contribution in [3.63, 3.8) is 0 Å². The van der Waals surface area contributed by atoms with Gasteiger partial charge in [0.2, 0.25) is 5.95 Å². The zero-order chi connectivity index (χ0) is 16.7. The molecule has 4 rings (SSSR count). The Morgan fingerprint density at radius 3 is 2.58 bits per heavy atom. The van der Waals surface area contributed by atoms with Crippen LogP contribution in [-0.2, 0) is 0 Å². The molecule has 126 valence electrons. The average molecular weight is 364 g/mol. The van der Waals surface area contributed by atoms with E-state index >= 15 is 0 Å². The summed E-state index contributed by atoms with van der Waals surface area (Å²) in [6.45, 7) is 0. The smallest absolute Gasteiger partial charge is 0.245 e. The standard InChI is InChI=1S/C15H18ClN7S/c16-13-11(3-4-19-14(13)18)24-12-7-20-15(22-21-12)23-9-1-2-10(23)6-8(17)5-9/h3-4,7-10H,1-2,5-6,17H2,(H2,18,19)/t8-,9+,10-. The lowest BCUT2D eigenvalue weighted by Crippen LogP contribution is -2.48. The second-order valence-corrected chi connectivity index (χ2v) is 7.67. The van der Waals surface area contributed by atoms with E-state index in [0.717, 1.165) is 30.6 Å². The molecule has 7 nitrogen and oxygen atoms in total. The molecule has 0 saturated carbocycles. The van der Waals surface area contributed by atoms with Crippen molar-refractivity contribution in [3.05, 3.63) is 23.5 Å². The van der Waals surface area contributed by atoms with Gasteiger partial charge in [0.15, 0.2) is 0 Å². The zero-order valence-electron chi connectivity index (χ0n) is 13.0. The van der Waals surface area contributed by atoms with E-state index < -0.39 is 0 Å². The summed E-state index contributed by atoms with van der Waals surface area (Å²) in [5, 5.41) is 9.72. The van der Waals surface area contributed by atoms with Crippen LogP contribution in [0.3, 0.4) is 0 Å². The lowest BCUT2D eigenvalue weighted by atomic mass is 9.99. The van der Waals surface area contributed by atoms with Crippen molar-refractivity contribution in [2.45, 2.75) is 53.7 Å². The largest absolute Gasteiger partial charge is 0.382 e. The predicted molar refractivity (Wildman–Crippen MR) is 94.1 cm³/mol. The van der Waals surface area contributed by atoms with Gasteiger partial charge in [0, 0.05) is 29.2 Å². The minimum absolute atomic E-state index is 0.292. The fourth-order valence-corrected chi connectivity index (χ4v) is 4.57. The second-order valence-electron chi connectivity index (χ2n) is 6.23. The maximum absolute atomic E-state index is 6.16. The number of halogens is 1. The number of fused-ring (bicyclic) bond motifs is 2. The number of rotatable bonds is 3. The first kappa shape index (κ1) is 15.9. The molecule has 24 heavy (non-hydrogen) atoms. The molecule has 2 aliphatic rings. The van der Waals surface area contributed by atoms with E-state index in [4.69, 9.17) is 23.1 Å². The maximum Gasteiger partial charge on any atom is 0.245 e. The molecular weight excluding hydrogens is 346 g/mol. The summed E-state index contributed by atoms with van der Waals surface area (Å²) >= 11 is 7.53. The highest BCUT2D eigenvalue weighted by molar-refractivity contribution is 7.99. The Hall–Kier alpha value is -1.64. The summed E-state index contributed by atoms with van der Waals surface area (Å²) in [4.78, 5) is 11.5. The molecule has 9 heteroatoms. The first-order valence-corrected chi connectivity index (χ1v) is 9.12. The maximum atomic E-state index is 6.16. The third kappa shape index (κ3) is 2.89. The number of piperidine rings is 1. The molecule has 2 bridgehead atoms. The molecule has 0 radical (unpaired) electrons. The van der Waals surface area contributed by atoms with E-state index in [1.54, 1.807) is 18.5 Å². The van der Waals surface area contributed by atoms with Gasteiger partial charge in [0.1, 0.15) is 10.8 Å². The third-order valence-corrected chi connectivity index (χ3v) is 6.09. The summed E-state index contributed by atoms with van der Waals surface area (Å²) in [5.74, 6) is 1.000. The van der Waals surface area contributed by atoms with Gasteiger partial charge in [0.25, 0.3) is 0 Å². The second kappa shape index (κ2) is 6.34. The summed E-state index contributed by atoms with van der Waals surface area (Å²) < 4.78 is 0. The fraction of sp³-hybridized carbons (Fsp3) is 0.467. The molecule has 2 aromatic rings. The minimum Gasteiger partial charge on any atom is -0.382 e. The van der Waals surface area contributed by atoms with Gasteiger partial charge in [0.05, 0.1) is 11.2 Å². The molecule has 2 fully saturated rings. The summed E-state index contributed by atoms with van der Waals surface area (Å²) in [6, 6.07) is 2.97. The van der Waals surface area contributed by atoms with Gasteiger partial charge in [-0.25, -0.2) is 9.97 Å². The Morgan fingerprint density at radius 2 is 1.92 bits per heavy atom. The summed E-state index contributed by atoms with van der Waals surface area (Å²) in [7, 11) is 0. The lowest BCUT2D eigenvalue weighted by molar-refractivity contribution is 0.407. The van der Waals surface area contributed by atoms with Crippen molar-refractivity contribution in [2.75, 3.05) is 10.6 Å². The van der Waals surface area contributed by atoms with Crippen molar-refractivity contribution in [1.29, 1.82) is 0 Å². The van der Waals surface area contributed by atoms with Crippen LogP contribution in [0.5, 0.6) is 0 Å². The van der Waals surface area contributed by atoms with E-state index in [1.165, 1.54) is 11.8 Å². The predicted octanol–water partition coefficient (Wildman–Crippen LogP) is 2.11. The molecule has 4 N–H and O–H groups in total. The number of nitrogens with zero attached hydrogens (tertiary/aromatic N) is 5. The molecule has 0 unspecified atom stereocenters. The highest BCUT2D eigenvalue weighted by atomic mass is 35.5. The van der Waals surface area contributed by atoms with Crippen LogP contribution < -0.4 is 16.4 Å². The Bertz CT molecular complexity index is 727. The molecule has 4 heterocycles. The van der Waals surface area contributed by atoms with E-state index in [-0.39, 0.29) is 0 Å². The van der Waals surface area contributed by atoms with E-state index in [1.807, 2.05) is 0 Å². The van der Waals surface area contributed by atoms with Crippen molar-refractivity contribution in [1.82, 2.24) is 20.2 Å². The molecule has 0 spiro atoms. The quantitative estimate of drug-likeness (QED) is 0.853. The van der Waals surface area contributed by atoms with E-state index in [0.29, 0.717) is 39.9 Å². The van der Waals surface area contributed by atoms with Gasteiger partial charge in [-0.15, -0.1) is 10.2 Å². The van der Waals surface area contributed by atoms with Gasteiger partial charge in [-0.1, -0.05) is 23.4 Å². The first-order valence-electron chi connectivity index (χ1n) is 7.93. The van der Waals surface area contributed by atoms with Gasteiger partial charge >= 0.3 is 0 Å². The molecule has 0 aromatic carbocycles. The number of aromatic nitrogens is 4. The van der Waals surface area contributed by atoms with E-state index in [9.17, 15) is 0 Å². The van der Waals surface area contributed by atoms with Gasteiger partial charge in [-0.2, -0.15) is 0 Å². The Kier molecular flexibility index (Phi) is 4.19. The number of pyridine rings is 1. The zero-order valence-corrected chi connectivity index (χ0v) is 14.5. The van der Waals surface area contributed by atoms with Crippen LogP contribution in [0, 0.1) is 0 Å². The van der Waals surface area contributed by atoms with Crippen molar-refractivity contribution in [2.24, 2.45) is 5.73 Å². The molecule has 0 amide bonds. The van der Waals surface area contributed by atoms with Crippen LogP contribution in [0.15, 0.2) is 28.4 Å². The monoisotopic (exact) mass is 363 g/mol. The van der Waals surface area contributed by atoms with Crippen LogP contribution in [0.2, 0.25) is 5.02 Å². The molecule has 2 saturated heterocycles. The van der Waals surface area contributed by atoms with Crippen molar-refractivity contribution >= 4 is 35.1 Å². The van der Waals surface area contributed by atoms with Crippen LogP contribution in [0.1, 0.15) is 25.7 Å². The topological polar surface area (TPSA) is 107 Å². The third-order valence-electron chi connectivity index (χ3n) is 4.62. The van der Waals surface area contributed by atoms with Gasteiger partial charge in [-0.05, 0) is 31.7 Å².